The van der Waals surface area contributed by atoms with E-state index in [1.165, 1.54) is 0 Å². The van der Waals surface area contributed by atoms with Crippen molar-refractivity contribution in [2.24, 2.45) is 0 Å². The van der Waals surface area contributed by atoms with Crippen LogP contribution in [-0.2, 0) is 0 Å². The second kappa shape index (κ2) is 8.39. The third-order valence-electron chi connectivity index (χ3n) is 5.28. The van der Waals surface area contributed by atoms with Crippen LogP contribution < -0.4 is 20.2 Å². The number of hydrogen-bond donors (Lipinski definition) is 0. The average molecular weight is 399 g/mol. The van der Waals surface area contributed by atoms with Gasteiger partial charge in [-0.25, -0.2) is 9.97 Å². The van der Waals surface area contributed by atoms with Crippen LogP contribution in [0.25, 0.3) is 43.4 Å². The summed E-state index contributed by atoms with van der Waals surface area (Å²) in [6, 6.07) is 26.6. The molecule has 0 atom stereocenters. The number of H-pyrrole nitrogens is 2. The van der Waals surface area contributed by atoms with E-state index in [1.807, 2.05) is 73.1 Å². The van der Waals surface area contributed by atoms with Crippen LogP contribution in [0, 0.1) is 0 Å². The smallest absolute Gasteiger partial charge is 0.872 e. The molecule has 0 aliphatic carbocycles. The largest absolute Gasteiger partial charge is 2.00 e. The molecule has 31 heavy (non-hydrogen) atoms. The van der Waals surface area contributed by atoms with Gasteiger partial charge in [0.25, 0.3) is 0 Å². The minimum atomic E-state index is 0. The maximum absolute atomic E-state index is 11.8. The quantitative estimate of drug-likeness (QED) is 0.290. The molecule has 4 nitrogen and oxygen atoms in total. The molecule has 0 bridgehead atoms. The number of aromatic amines is 2. The maximum Gasteiger partial charge on any atom is 2.00 e. The molecule has 144 valence electrons. The van der Waals surface area contributed by atoms with Gasteiger partial charge in [-0.15, -0.1) is 0 Å². The number of rotatable bonds is 0. The number of nitrogens with one attached hydrogen (secondary N) is 2. The molecule has 2 N–H and O–H groups in total. The van der Waals surface area contributed by atoms with Crippen molar-refractivity contribution in [2.45, 2.75) is 0 Å². The molecule has 0 amide bonds. The SMILES string of the molecule is [Be+2].[O-]c1cccc2ccc3ccc[nH+]c3c12.[O-]c1cccc2ccc3ccc[nH+]c3c12. The summed E-state index contributed by atoms with van der Waals surface area (Å²) in [5, 5.41) is 29.2. The molecule has 6 aromatic rings. The molecule has 0 unspecified atom stereocenters. The molecule has 0 spiro atoms. The summed E-state index contributed by atoms with van der Waals surface area (Å²) < 4.78 is 0. The molecule has 5 heteroatoms. The number of pyridine rings is 2. The number of fused-ring (bicyclic) bond motifs is 6. The second-order valence-electron chi connectivity index (χ2n) is 7.11. The Labute approximate surface area is 182 Å². The Hall–Kier alpha value is -4.01. The first-order valence-corrected chi connectivity index (χ1v) is 9.71. The Morgan fingerprint density at radius 1 is 0.452 bits per heavy atom. The molecule has 0 aliphatic heterocycles. The molecule has 0 fully saturated rings. The van der Waals surface area contributed by atoms with Crippen molar-refractivity contribution in [3.63, 3.8) is 0 Å². The van der Waals surface area contributed by atoms with E-state index in [0.29, 0.717) is 0 Å². The first kappa shape index (κ1) is 20.3. The van der Waals surface area contributed by atoms with E-state index in [4.69, 9.17) is 0 Å². The zero-order valence-electron chi connectivity index (χ0n) is 16.8. The zero-order valence-corrected chi connectivity index (χ0v) is 16.8. The fraction of sp³-hybridized carbons (Fsp3) is 0. The van der Waals surface area contributed by atoms with E-state index >= 15 is 0 Å². The van der Waals surface area contributed by atoms with Crippen LogP contribution >= 0.6 is 0 Å². The van der Waals surface area contributed by atoms with Crippen LogP contribution in [0.4, 0.5) is 0 Å². The van der Waals surface area contributed by atoms with Gasteiger partial charge in [0.05, 0.1) is 0 Å². The minimum Gasteiger partial charge on any atom is -0.872 e. The van der Waals surface area contributed by atoms with E-state index in [1.54, 1.807) is 24.3 Å². The van der Waals surface area contributed by atoms with Crippen molar-refractivity contribution >= 4 is 53.5 Å². The zero-order chi connectivity index (χ0) is 20.5. The van der Waals surface area contributed by atoms with Gasteiger partial charge in [0, 0.05) is 33.7 Å². The van der Waals surface area contributed by atoms with Crippen molar-refractivity contribution in [3.05, 3.63) is 97.3 Å². The molecule has 0 saturated carbocycles. The van der Waals surface area contributed by atoms with Crippen LogP contribution in [0.3, 0.4) is 0 Å². The monoisotopic (exact) mass is 399 g/mol. The Kier molecular flexibility index (Phi) is 5.48. The van der Waals surface area contributed by atoms with Crippen molar-refractivity contribution in [3.8, 4) is 11.5 Å². The molecule has 4 aromatic carbocycles. The fourth-order valence-corrected chi connectivity index (χ4v) is 3.88. The van der Waals surface area contributed by atoms with E-state index in [2.05, 4.69) is 9.97 Å². The molecule has 0 aliphatic rings. The van der Waals surface area contributed by atoms with E-state index < -0.39 is 0 Å². The number of benzene rings is 4. The summed E-state index contributed by atoms with van der Waals surface area (Å²) in [4.78, 5) is 6.27. The summed E-state index contributed by atoms with van der Waals surface area (Å²) >= 11 is 0. The van der Waals surface area contributed by atoms with Crippen LogP contribution in [0.1, 0.15) is 0 Å². The van der Waals surface area contributed by atoms with Crippen molar-refractivity contribution < 1.29 is 20.2 Å². The van der Waals surface area contributed by atoms with Gasteiger partial charge in [0.15, 0.2) is 12.4 Å². The van der Waals surface area contributed by atoms with Gasteiger partial charge in [-0.2, -0.15) is 0 Å². The van der Waals surface area contributed by atoms with Crippen molar-refractivity contribution in [2.75, 3.05) is 0 Å². The van der Waals surface area contributed by atoms with Gasteiger partial charge in [-0.1, -0.05) is 60.0 Å². The Bertz CT molecular complexity index is 1420. The van der Waals surface area contributed by atoms with Gasteiger partial charge in [-0.05, 0) is 35.0 Å². The molecule has 2 aromatic heterocycles. The topological polar surface area (TPSA) is 74.4 Å². The predicted molar refractivity (Wildman–Crippen MR) is 121 cm³/mol. The summed E-state index contributed by atoms with van der Waals surface area (Å²) in [5.41, 5.74) is 1.83. The van der Waals surface area contributed by atoms with Gasteiger partial charge < -0.3 is 10.2 Å². The van der Waals surface area contributed by atoms with Crippen LogP contribution in [0.15, 0.2) is 97.3 Å². The summed E-state index contributed by atoms with van der Waals surface area (Å²) in [6.45, 7) is 0. The Morgan fingerprint density at radius 3 is 1.29 bits per heavy atom. The van der Waals surface area contributed by atoms with E-state index in [0.717, 1.165) is 43.4 Å². The summed E-state index contributed by atoms with van der Waals surface area (Å²) in [6.07, 6.45) is 3.68. The van der Waals surface area contributed by atoms with Crippen LogP contribution in [-0.4, -0.2) is 10.1 Å². The Morgan fingerprint density at radius 2 is 0.839 bits per heavy atom. The second-order valence-corrected chi connectivity index (χ2v) is 7.11. The molecule has 2 heterocycles. The van der Waals surface area contributed by atoms with Crippen molar-refractivity contribution in [1.29, 1.82) is 0 Å². The van der Waals surface area contributed by atoms with Crippen LogP contribution in [0.5, 0.6) is 11.5 Å². The van der Waals surface area contributed by atoms with Gasteiger partial charge >= 0.3 is 10.1 Å². The normalized spacial score (nSPS) is 10.6. The fourth-order valence-electron chi connectivity index (χ4n) is 3.88. The van der Waals surface area contributed by atoms with Gasteiger partial charge in [0.2, 0.25) is 11.0 Å². The summed E-state index contributed by atoms with van der Waals surface area (Å²) in [5.74, 6) is 0.140. The predicted octanol–water partition coefficient (Wildman–Crippen LogP) is 3.38. The molecule has 0 saturated heterocycles. The standard InChI is InChI=1S/2C13H9NO.Be/c2*15-11-5-1-3-9-6-7-10-4-2-8-14-13(10)12(9)11;/h2*1-8,15H;/q;;+2. The van der Waals surface area contributed by atoms with Gasteiger partial charge in [-0.3, -0.25) is 0 Å². The molecular weight excluding hydrogens is 381 g/mol. The van der Waals surface area contributed by atoms with Gasteiger partial charge in [0.1, 0.15) is 0 Å². The van der Waals surface area contributed by atoms with Crippen LogP contribution in [0.2, 0.25) is 0 Å². The minimum absolute atomic E-state index is 0. The third-order valence-corrected chi connectivity index (χ3v) is 5.28. The van der Waals surface area contributed by atoms with E-state index in [9.17, 15) is 10.2 Å². The maximum atomic E-state index is 11.8. The van der Waals surface area contributed by atoms with Crippen molar-refractivity contribution in [1.82, 2.24) is 0 Å². The average Bonchev–Trinajstić information content (AvgIpc) is 2.79. The molecule has 0 radical (unpaired) electrons. The Balaban J connectivity index is 0.000000144. The van der Waals surface area contributed by atoms with E-state index in [-0.39, 0.29) is 21.6 Å². The number of hydrogen-bond acceptors (Lipinski definition) is 2. The summed E-state index contributed by atoms with van der Waals surface area (Å²) in [7, 11) is 0. The first-order valence-electron chi connectivity index (χ1n) is 9.71. The molecular formula is C26H18BeN2O2+2. The third kappa shape index (κ3) is 3.65. The molecule has 6 rings (SSSR count). The first-order chi connectivity index (χ1) is 14.7. The number of aromatic nitrogens is 2.